The van der Waals surface area contributed by atoms with E-state index in [1.165, 1.54) is 7.11 Å². The highest BCUT2D eigenvalue weighted by molar-refractivity contribution is 6.51. The predicted molar refractivity (Wildman–Crippen MR) is 144 cm³/mol. The lowest BCUT2D eigenvalue weighted by Crippen LogP contribution is -2.36. The molecule has 0 atom stereocenters. The predicted octanol–water partition coefficient (Wildman–Crippen LogP) is 4.22. The molecule has 9 nitrogen and oxygen atoms in total. The smallest absolute Gasteiger partial charge is 0.296 e. The standard InChI is InChI=1S/C21H17NO4.C9H7NO3/c1-26-17-10-11-19-18(12-17)21(20(25)22-19,13-2-6-15(23)7-3-13)14-4-8-16(24)9-5-14;1-13-5-2-3-7-6(4-5)8(11)9(12)10-7/h2-12,23-24H,1H3,(H,22,25);2-4H,1H3,(H,10,11,12). The van der Waals surface area contributed by atoms with Gasteiger partial charge in [-0.05, 0) is 71.8 Å². The Balaban J connectivity index is 0.000000198. The molecule has 0 unspecified atom stereocenters. The summed E-state index contributed by atoms with van der Waals surface area (Å²) < 4.78 is 10.3. The van der Waals surface area contributed by atoms with Crippen molar-refractivity contribution in [2.75, 3.05) is 24.9 Å². The molecule has 0 bridgehead atoms. The van der Waals surface area contributed by atoms with E-state index < -0.39 is 17.1 Å². The second-order valence-electron chi connectivity index (χ2n) is 8.90. The summed E-state index contributed by atoms with van der Waals surface area (Å²) in [6.07, 6.45) is 0. The van der Waals surface area contributed by atoms with Crippen molar-refractivity contribution in [2.45, 2.75) is 5.41 Å². The summed E-state index contributed by atoms with van der Waals surface area (Å²) in [6, 6.07) is 23.5. The van der Waals surface area contributed by atoms with Crippen LogP contribution >= 0.6 is 0 Å². The largest absolute Gasteiger partial charge is 0.508 e. The van der Waals surface area contributed by atoms with E-state index in [-0.39, 0.29) is 17.4 Å². The number of aromatic hydroxyl groups is 2. The first kappa shape index (κ1) is 25.3. The molecule has 4 aromatic carbocycles. The molecule has 2 aliphatic heterocycles. The van der Waals surface area contributed by atoms with E-state index in [0.29, 0.717) is 39.6 Å². The van der Waals surface area contributed by atoms with Crippen LogP contribution in [0.1, 0.15) is 27.0 Å². The molecule has 2 amide bonds. The van der Waals surface area contributed by atoms with Crippen molar-refractivity contribution in [3.05, 3.63) is 107 Å². The number of rotatable bonds is 4. The van der Waals surface area contributed by atoms with Crippen molar-refractivity contribution >= 4 is 29.0 Å². The van der Waals surface area contributed by atoms with Gasteiger partial charge < -0.3 is 30.3 Å². The molecule has 0 aromatic heterocycles. The number of carbonyl (C=O) groups is 3. The Labute approximate surface area is 223 Å². The van der Waals surface area contributed by atoms with Crippen molar-refractivity contribution < 1.29 is 34.1 Å². The molecule has 2 heterocycles. The third-order valence-electron chi connectivity index (χ3n) is 6.75. The summed E-state index contributed by atoms with van der Waals surface area (Å²) in [7, 11) is 3.09. The lowest BCUT2D eigenvalue weighted by Gasteiger charge is -2.29. The maximum atomic E-state index is 13.2. The quantitative estimate of drug-likeness (QED) is 0.294. The van der Waals surface area contributed by atoms with Crippen LogP contribution in [0.3, 0.4) is 0 Å². The van der Waals surface area contributed by atoms with Crippen LogP contribution in [-0.4, -0.2) is 42.0 Å². The molecule has 0 aliphatic carbocycles. The number of anilines is 2. The third kappa shape index (κ3) is 4.29. The number of hydrogen-bond acceptors (Lipinski definition) is 7. The number of ketones is 1. The molecule has 6 rings (SSSR count). The van der Waals surface area contributed by atoms with Crippen molar-refractivity contribution in [3.8, 4) is 23.0 Å². The minimum atomic E-state index is -1.11. The van der Waals surface area contributed by atoms with Crippen LogP contribution in [0.25, 0.3) is 0 Å². The van der Waals surface area contributed by atoms with Gasteiger partial charge in [-0.2, -0.15) is 0 Å². The van der Waals surface area contributed by atoms with Crippen molar-refractivity contribution in [2.24, 2.45) is 0 Å². The van der Waals surface area contributed by atoms with Crippen LogP contribution in [0.2, 0.25) is 0 Å². The highest BCUT2D eigenvalue weighted by atomic mass is 16.5. The average Bonchev–Trinajstić information content (AvgIpc) is 3.41. The minimum Gasteiger partial charge on any atom is -0.508 e. The Kier molecular flexibility index (Phi) is 6.41. The summed E-state index contributed by atoms with van der Waals surface area (Å²) >= 11 is 0. The van der Waals surface area contributed by atoms with Gasteiger partial charge in [0.1, 0.15) is 28.4 Å². The monoisotopic (exact) mass is 524 g/mol. The number of carbonyl (C=O) groups excluding carboxylic acids is 3. The van der Waals surface area contributed by atoms with Crippen LogP contribution in [0.4, 0.5) is 11.4 Å². The van der Waals surface area contributed by atoms with Crippen LogP contribution in [0.15, 0.2) is 84.9 Å². The number of phenols is 2. The summed E-state index contributed by atoms with van der Waals surface area (Å²) in [5, 5.41) is 24.8. The van der Waals surface area contributed by atoms with Gasteiger partial charge in [-0.1, -0.05) is 24.3 Å². The number of benzene rings is 4. The fourth-order valence-electron chi connectivity index (χ4n) is 4.82. The van der Waals surface area contributed by atoms with Gasteiger partial charge in [0.2, 0.25) is 5.91 Å². The number of Topliss-reactive ketones (excluding diaryl/α,β-unsaturated/α-hetero) is 1. The Morgan fingerprint density at radius 3 is 1.69 bits per heavy atom. The van der Waals surface area contributed by atoms with Gasteiger partial charge in [0.15, 0.2) is 0 Å². The molecule has 0 fully saturated rings. The van der Waals surface area contributed by atoms with Crippen LogP contribution in [0.5, 0.6) is 23.0 Å². The number of ether oxygens (including phenoxy) is 2. The number of phenolic OH excluding ortho intramolecular Hbond substituents is 2. The van der Waals surface area contributed by atoms with Gasteiger partial charge in [-0.15, -0.1) is 0 Å². The Morgan fingerprint density at radius 1 is 0.641 bits per heavy atom. The summed E-state index contributed by atoms with van der Waals surface area (Å²) in [5.41, 5.74) is 2.72. The highest BCUT2D eigenvalue weighted by Crippen LogP contribution is 2.49. The molecule has 0 radical (unpaired) electrons. The molecular formula is C30H24N2O7. The van der Waals surface area contributed by atoms with E-state index >= 15 is 0 Å². The molecule has 0 spiro atoms. The number of nitrogens with one attached hydrogen (secondary N) is 2. The van der Waals surface area contributed by atoms with Crippen LogP contribution < -0.4 is 20.1 Å². The Bertz CT molecular complexity index is 1550. The maximum Gasteiger partial charge on any atom is 0.296 e. The molecule has 4 N–H and O–H groups in total. The summed E-state index contributed by atoms with van der Waals surface area (Å²) in [5.74, 6) is 0.179. The van der Waals surface area contributed by atoms with E-state index in [4.69, 9.17) is 9.47 Å². The molecule has 39 heavy (non-hydrogen) atoms. The average molecular weight is 525 g/mol. The number of amides is 2. The van der Waals surface area contributed by atoms with Crippen molar-refractivity contribution in [3.63, 3.8) is 0 Å². The first-order valence-corrected chi connectivity index (χ1v) is 11.9. The zero-order valence-electron chi connectivity index (χ0n) is 21.0. The third-order valence-corrected chi connectivity index (χ3v) is 6.75. The van der Waals surface area contributed by atoms with Gasteiger partial charge >= 0.3 is 0 Å². The lowest BCUT2D eigenvalue weighted by atomic mass is 9.70. The zero-order chi connectivity index (χ0) is 27.7. The van der Waals surface area contributed by atoms with Crippen LogP contribution in [-0.2, 0) is 15.0 Å². The fraction of sp³-hybridized carbons (Fsp3) is 0.100. The minimum absolute atomic E-state index is 0.124. The van der Waals surface area contributed by atoms with Gasteiger partial charge in [0.25, 0.3) is 11.7 Å². The van der Waals surface area contributed by atoms with Gasteiger partial charge in [-0.3, -0.25) is 14.4 Å². The lowest BCUT2D eigenvalue weighted by molar-refractivity contribution is -0.118. The Hall–Kier alpha value is -5.31. The molecule has 196 valence electrons. The van der Waals surface area contributed by atoms with Crippen molar-refractivity contribution in [1.82, 2.24) is 0 Å². The van der Waals surface area contributed by atoms with E-state index in [2.05, 4.69) is 10.6 Å². The summed E-state index contributed by atoms with van der Waals surface area (Å²) in [4.78, 5) is 35.4. The first-order chi connectivity index (χ1) is 18.8. The zero-order valence-corrected chi connectivity index (χ0v) is 21.0. The Morgan fingerprint density at radius 2 is 1.15 bits per heavy atom. The molecule has 2 aliphatic rings. The second-order valence-corrected chi connectivity index (χ2v) is 8.90. The number of hydrogen-bond donors (Lipinski definition) is 4. The molecule has 0 saturated heterocycles. The van der Waals surface area contributed by atoms with E-state index in [0.717, 1.165) is 5.56 Å². The molecular weight excluding hydrogens is 500 g/mol. The molecule has 0 saturated carbocycles. The van der Waals surface area contributed by atoms with E-state index in [1.54, 1.807) is 79.9 Å². The number of methoxy groups -OCH3 is 2. The molecule has 9 heteroatoms. The number of fused-ring (bicyclic) bond motifs is 2. The van der Waals surface area contributed by atoms with E-state index in [9.17, 15) is 24.6 Å². The maximum absolute atomic E-state index is 13.2. The second kappa shape index (κ2) is 9.86. The summed E-state index contributed by atoms with van der Waals surface area (Å²) in [6.45, 7) is 0. The highest BCUT2D eigenvalue weighted by Gasteiger charge is 2.50. The SMILES string of the molecule is COc1ccc2c(c1)C(=O)C(=O)N2.COc1ccc2c(c1)C(c1ccc(O)cc1)(c1ccc(O)cc1)C(=O)N2. The normalized spacial score (nSPS) is 14.4. The van der Waals surface area contributed by atoms with Crippen molar-refractivity contribution in [1.29, 1.82) is 0 Å². The van der Waals surface area contributed by atoms with Gasteiger partial charge in [0, 0.05) is 11.3 Å². The van der Waals surface area contributed by atoms with Gasteiger partial charge in [0.05, 0.1) is 25.5 Å². The first-order valence-electron chi connectivity index (χ1n) is 11.9. The molecule has 4 aromatic rings. The van der Waals surface area contributed by atoms with Crippen LogP contribution in [0, 0.1) is 0 Å². The fourth-order valence-corrected chi connectivity index (χ4v) is 4.82. The topological polar surface area (TPSA) is 134 Å². The van der Waals surface area contributed by atoms with Gasteiger partial charge in [-0.25, -0.2) is 0 Å². The van der Waals surface area contributed by atoms with E-state index in [1.807, 2.05) is 12.1 Å².